The quantitative estimate of drug-likeness (QED) is 0.508. The molecule has 1 aromatic heterocycles. The second kappa shape index (κ2) is 9.48. The average molecular weight is 441 g/mol. The van der Waals surface area contributed by atoms with E-state index in [0.717, 1.165) is 49.0 Å². The fourth-order valence-corrected chi connectivity index (χ4v) is 5.17. The van der Waals surface area contributed by atoms with Crippen molar-refractivity contribution in [2.75, 3.05) is 13.7 Å². The van der Waals surface area contributed by atoms with E-state index >= 15 is 0 Å². The highest BCUT2D eigenvalue weighted by Gasteiger charge is 2.53. The number of guanidine groups is 1. The summed E-state index contributed by atoms with van der Waals surface area (Å²) in [4.78, 5) is 4.93. The van der Waals surface area contributed by atoms with E-state index in [1.807, 2.05) is 37.8 Å². The molecule has 4 rings (SSSR count). The van der Waals surface area contributed by atoms with E-state index in [2.05, 4.69) is 46.8 Å². The molecule has 2 aromatic rings. The van der Waals surface area contributed by atoms with Crippen molar-refractivity contribution in [3.63, 3.8) is 0 Å². The molecule has 2 aliphatic rings. The SMILES string of the molecule is CCC1(CC)C(NC(=NCc2nnc(C)n2C)NC2CCOc3ccccc32)CC1OC. The summed E-state index contributed by atoms with van der Waals surface area (Å²) in [5.41, 5.74) is 1.29. The van der Waals surface area contributed by atoms with Gasteiger partial charge in [0, 0.05) is 37.6 Å². The number of aromatic nitrogens is 3. The number of methoxy groups -OCH3 is 1. The van der Waals surface area contributed by atoms with Crippen LogP contribution in [-0.4, -0.2) is 46.6 Å². The van der Waals surface area contributed by atoms with Gasteiger partial charge >= 0.3 is 0 Å². The predicted octanol–water partition coefficient (Wildman–Crippen LogP) is 3.28. The average Bonchev–Trinajstić information content (AvgIpc) is 3.13. The van der Waals surface area contributed by atoms with Crippen LogP contribution in [0.2, 0.25) is 0 Å². The van der Waals surface area contributed by atoms with Crippen molar-refractivity contribution in [2.24, 2.45) is 17.5 Å². The molecule has 0 radical (unpaired) electrons. The van der Waals surface area contributed by atoms with Crippen LogP contribution in [0, 0.1) is 12.3 Å². The minimum atomic E-state index is 0.117. The molecule has 2 heterocycles. The van der Waals surface area contributed by atoms with Gasteiger partial charge in [-0.25, -0.2) is 4.99 Å². The van der Waals surface area contributed by atoms with Gasteiger partial charge in [0.05, 0.1) is 18.8 Å². The molecule has 3 atom stereocenters. The number of ether oxygens (including phenoxy) is 2. The third kappa shape index (κ3) is 4.08. The van der Waals surface area contributed by atoms with Crippen molar-refractivity contribution >= 4 is 5.96 Å². The third-order valence-corrected chi connectivity index (χ3v) is 7.53. The minimum absolute atomic E-state index is 0.117. The Kier molecular flexibility index (Phi) is 6.69. The molecule has 1 aliphatic carbocycles. The van der Waals surface area contributed by atoms with E-state index in [9.17, 15) is 0 Å². The molecule has 32 heavy (non-hydrogen) atoms. The van der Waals surface area contributed by atoms with Crippen LogP contribution in [-0.2, 0) is 18.3 Å². The van der Waals surface area contributed by atoms with Gasteiger partial charge < -0.3 is 24.7 Å². The first-order chi connectivity index (χ1) is 15.5. The zero-order valence-corrected chi connectivity index (χ0v) is 19.9. The van der Waals surface area contributed by atoms with Crippen LogP contribution in [0.15, 0.2) is 29.3 Å². The van der Waals surface area contributed by atoms with Crippen molar-refractivity contribution in [3.05, 3.63) is 41.5 Å². The van der Waals surface area contributed by atoms with E-state index in [1.54, 1.807) is 0 Å². The fourth-order valence-electron chi connectivity index (χ4n) is 5.17. The highest BCUT2D eigenvalue weighted by atomic mass is 16.5. The van der Waals surface area contributed by atoms with E-state index < -0.39 is 0 Å². The van der Waals surface area contributed by atoms with Crippen LogP contribution in [0.1, 0.15) is 62.8 Å². The molecule has 3 unspecified atom stereocenters. The van der Waals surface area contributed by atoms with Crippen molar-refractivity contribution < 1.29 is 9.47 Å². The first kappa shape index (κ1) is 22.6. The fraction of sp³-hybridized carbons (Fsp3) is 0.625. The highest BCUT2D eigenvalue weighted by Crippen LogP contribution is 2.48. The maximum absolute atomic E-state index is 5.85. The van der Waals surface area contributed by atoms with Crippen molar-refractivity contribution in [1.29, 1.82) is 0 Å². The van der Waals surface area contributed by atoms with Crippen LogP contribution in [0.4, 0.5) is 0 Å². The summed E-state index contributed by atoms with van der Waals surface area (Å²) in [6, 6.07) is 8.68. The largest absolute Gasteiger partial charge is 0.493 e. The topological polar surface area (TPSA) is 85.6 Å². The van der Waals surface area contributed by atoms with Gasteiger partial charge in [0.1, 0.15) is 18.1 Å². The molecule has 0 amide bonds. The van der Waals surface area contributed by atoms with Gasteiger partial charge in [-0.3, -0.25) is 0 Å². The summed E-state index contributed by atoms with van der Waals surface area (Å²) in [5, 5.41) is 15.9. The number of hydrogen-bond donors (Lipinski definition) is 2. The molecule has 8 nitrogen and oxygen atoms in total. The molecule has 8 heteroatoms. The molecule has 1 aliphatic heterocycles. The van der Waals surface area contributed by atoms with Gasteiger partial charge in [-0.15, -0.1) is 10.2 Å². The standard InChI is InChI=1S/C24H36N6O2/c1-6-24(7-2)20(14-21(24)31-5)27-23(25-15-22-29-28-16(3)30(22)4)26-18-12-13-32-19-11-9-8-10-17(18)19/h8-11,18,20-21H,6-7,12-15H2,1-5H3,(H2,25,26,27). The normalized spacial score (nSPS) is 24.3. The summed E-state index contributed by atoms with van der Waals surface area (Å²) in [6.45, 7) is 7.61. The third-order valence-electron chi connectivity index (χ3n) is 7.53. The van der Waals surface area contributed by atoms with Gasteiger partial charge in [-0.2, -0.15) is 0 Å². The Labute approximate surface area is 190 Å². The summed E-state index contributed by atoms with van der Waals surface area (Å²) < 4.78 is 13.6. The number of benzene rings is 1. The zero-order chi connectivity index (χ0) is 22.7. The van der Waals surface area contributed by atoms with E-state index in [4.69, 9.17) is 14.5 Å². The van der Waals surface area contributed by atoms with Gasteiger partial charge in [-0.05, 0) is 32.3 Å². The van der Waals surface area contributed by atoms with Crippen molar-refractivity contribution in [1.82, 2.24) is 25.4 Å². The summed E-state index contributed by atoms with van der Waals surface area (Å²) in [6.07, 6.45) is 4.28. The van der Waals surface area contributed by atoms with Gasteiger partial charge in [0.15, 0.2) is 11.8 Å². The Morgan fingerprint density at radius 1 is 1.25 bits per heavy atom. The monoisotopic (exact) mass is 440 g/mol. The number of nitrogens with zero attached hydrogens (tertiary/aromatic N) is 4. The van der Waals surface area contributed by atoms with Crippen molar-refractivity contribution in [3.8, 4) is 5.75 Å². The Hall–Kier alpha value is -2.61. The maximum Gasteiger partial charge on any atom is 0.192 e. The molecule has 1 aromatic carbocycles. The molecule has 0 saturated heterocycles. The molecule has 0 bridgehead atoms. The smallest absolute Gasteiger partial charge is 0.192 e. The first-order valence-electron chi connectivity index (χ1n) is 11.7. The van der Waals surface area contributed by atoms with Gasteiger partial charge in [-0.1, -0.05) is 32.0 Å². The Balaban J connectivity index is 1.58. The van der Waals surface area contributed by atoms with Crippen LogP contribution in [0.3, 0.4) is 0 Å². The molecule has 174 valence electrons. The second-order valence-corrected chi connectivity index (χ2v) is 8.86. The molecule has 1 fully saturated rings. The Morgan fingerprint density at radius 2 is 2.03 bits per heavy atom. The number of para-hydroxylation sites is 1. The predicted molar refractivity (Wildman–Crippen MR) is 125 cm³/mol. The first-order valence-corrected chi connectivity index (χ1v) is 11.7. The van der Waals surface area contributed by atoms with Gasteiger partial charge in [0.2, 0.25) is 0 Å². The molecule has 2 N–H and O–H groups in total. The lowest BCUT2D eigenvalue weighted by Gasteiger charge is -2.55. The Bertz CT molecular complexity index is 952. The lowest BCUT2D eigenvalue weighted by atomic mass is 9.58. The molecular weight excluding hydrogens is 404 g/mol. The summed E-state index contributed by atoms with van der Waals surface area (Å²) in [5.74, 6) is 3.47. The van der Waals surface area contributed by atoms with E-state index in [-0.39, 0.29) is 17.6 Å². The van der Waals surface area contributed by atoms with Crippen LogP contribution < -0.4 is 15.4 Å². The zero-order valence-electron chi connectivity index (χ0n) is 19.9. The minimum Gasteiger partial charge on any atom is -0.493 e. The summed E-state index contributed by atoms with van der Waals surface area (Å²) >= 11 is 0. The maximum atomic E-state index is 5.85. The molecule has 1 saturated carbocycles. The van der Waals surface area contributed by atoms with E-state index in [1.165, 1.54) is 5.56 Å². The van der Waals surface area contributed by atoms with Gasteiger partial charge in [0.25, 0.3) is 0 Å². The second-order valence-electron chi connectivity index (χ2n) is 8.86. The number of aliphatic imine (C=N–C) groups is 1. The van der Waals surface area contributed by atoms with Crippen LogP contribution in [0.5, 0.6) is 5.75 Å². The van der Waals surface area contributed by atoms with E-state index in [0.29, 0.717) is 19.2 Å². The van der Waals surface area contributed by atoms with Crippen molar-refractivity contribution in [2.45, 2.75) is 71.2 Å². The molecule has 0 spiro atoms. The number of aryl methyl sites for hydroxylation is 1. The summed E-state index contributed by atoms with van der Waals surface area (Å²) in [7, 11) is 3.80. The lowest BCUT2D eigenvalue weighted by Crippen LogP contribution is -2.65. The van der Waals surface area contributed by atoms with Crippen LogP contribution in [0.25, 0.3) is 0 Å². The lowest BCUT2D eigenvalue weighted by molar-refractivity contribution is -0.118. The van der Waals surface area contributed by atoms with Crippen LogP contribution >= 0.6 is 0 Å². The number of hydrogen-bond acceptors (Lipinski definition) is 5. The number of fused-ring (bicyclic) bond motifs is 1. The molecular formula is C24H36N6O2. The number of nitrogens with one attached hydrogen (secondary N) is 2. The number of rotatable bonds is 7. The highest BCUT2D eigenvalue weighted by molar-refractivity contribution is 5.81. The Morgan fingerprint density at radius 3 is 2.72 bits per heavy atom.